The van der Waals surface area contributed by atoms with Crippen molar-refractivity contribution in [3.63, 3.8) is 0 Å². The molecule has 39 heavy (non-hydrogen) atoms. The first-order valence-electron chi connectivity index (χ1n) is 14.0. The first-order chi connectivity index (χ1) is 18.8. The highest BCUT2D eigenvalue weighted by Crippen LogP contribution is 2.61. The molecule has 4 saturated carbocycles. The highest BCUT2D eigenvalue weighted by Gasteiger charge is 2.51. The van der Waals surface area contributed by atoms with Gasteiger partial charge in [-0.15, -0.1) is 0 Å². The third kappa shape index (κ3) is 6.54. The lowest BCUT2D eigenvalue weighted by Gasteiger charge is -2.56. The molecule has 8 heteroatoms. The van der Waals surface area contributed by atoms with Gasteiger partial charge in [-0.1, -0.05) is 36.4 Å². The quantitative estimate of drug-likeness (QED) is 0.315. The normalized spacial score (nSPS) is 26.1. The predicted octanol–water partition coefficient (Wildman–Crippen LogP) is 3.97. The van der Waals surface area contributed by atoms with E-state index in [9.17, 15) is 9.59 Å². The molecule has 4 bridgehead atoms. The Balaban J connectivity index is 1.24. The minimum Gasteiger partial charge on any atom is -0.493 e. The number of nitrogens with two attached hydrogens (primary N) is 1. The van der Waals surface area contributed by atoms with Crippen molar-refractivity contribution in [2.45, 2.75) is 64.0 Å². The number of ether oxygens (including phenoxy) is 2. The van der Waals surface area contributed by atoms with E-state index in [4.69, 9.17) is 15.2 Å². The fourth-order valence-corrected chi connectivity index (χ4v) is 7.57. The second kappa shape index (κ2) is 11.7. The summed E-state index contributed by atoms with van der Waals surface area (Å²) in [5.74, 6) is 3.10. The van der Waals surface area contributed by atoms with Crippen molar-refractivity contribution in [3.8, 4) is 11.5 Å². The van der Waals surface area contributed by atoms with Crippen LogP contribution in [-0.4, -0.2) is 38.0 Å². The van der Waals surface area contributed by atoms with Crippen LogP contribution in [0.15, 0.2) is 53.5 Å². The molecule has 4 N–H and O–H groups in total. The van der Waals surface area contributed by atoms with Crippen molar-refractivity contribution in [1.82, 2.24) is 10.6 Å². The molecule has 2 aromatic carbocycles. The molecule has 0 aliphatic heterocycles. The van der Waals surface area contributed by atoms with E-state index in [-0.39, 0.29) is 23.2 Å². The van der Waals surface area contributed by atoms with Crippen LogP contribution in [0.4, 0.5) is 0 Å². The molecule has 0 heterocycles. The number of carbonyl (C=O) groups excluding carboxylic acids is 2. The van der Waals surface area contributed by atoms with Gasteiger partial charge in [-0.25, -0.2) is 0 Å². The Bertz CT molecular complexity index is 1180. The summed E-state index contributed by atoms with van der Waals surface area (Å²) in [5.41, 5.74) is 8.16. The lowest BCUT2D eigenvalue weighted by molar-refractivity contribution is -0.126. The van der Waals surface area contributed by atoms with Gasteiger partial charge < -0.3 is 25.8 Å². The number of aliphatic imine (C=N–C) groups is 1. The number of benzene rings is 2. The molecule has 1 atom stereocenters. The van der Waals surface area contributed by atoms with E-state index in [1.807, 2.05) is 42.5 Å². The summed E-state index contributed by atoms with van der Waals surface area (Å²) in [7, 11) is 3.16. The van der Waals surface area contributed by atoms with Crippen LogP contribution in [0.25, 0.3) is 0 Å². The average Bonchev–Trinajstić information content (AvgIpc) is 2.90. The Labute approximate surface area is 230 Å². The standard InChI is InChI=1S/C31H40N4O4/c1-38-26-9-8-21(14-27(26)39-2)19-33-29(37)25(13-20-6-4-3-5-7-20)34-30(32)35-28(36)18-31-15-22-10-23(16-31)12-24(11-22)17-31/h3-9,14,22-25H,10-13,15-19H2,1-2H3,(H,33,37)(H3,32,34,35,36). The van der Waals surface area contributed by atoms with Gasteiger partial charge in [-0.2, -0.15) is 4.99 Å². The SMILES string of the molecule is COc1ccc(CNC(=O)C(Cc2ccccc2)NC(N)=NC(=O)CC23CC4CC(CC(C4)C2)C3)cc1OC. The van der Waals surface area contributed by atoms with Crippen LogP contribution in [0.5, 0.6) is 11.5 Å². The highest BCUT2D eigenvalue weighted by atomic mass is 16.5. The van der Waals surface area contributed by atoms with Crippen molar-refractivity contribution >= 4 is 17.8 Å². The molecule has 0 spiro atoms. The van der Waals surface area contributed by atoms with Gasteiger partial charge in [-0.05, 0) is 85.0 Å². The topological polar surface area (TPSA) is 115 Å². The molecule has 208 valence electrons. The van der Waals surface area contributed by atoms with Gasteiger partial charge in [0.2, 0.25) is 11.8 Å². The van der Waals surface area contributed by atoms with Crippen molar-refractivity contribution in [3.05, 3.63) is 59.7 Å². The second-order valence-electron chi connectivity index (χ2n) is 11.8. The molecular formula is C31H40N4O4. The Kier molecular flexibility index (Phi) is 8.10. The minimum absolute atomic E-state index is 0.00748. The molecule has 0 aromatic heterocycles. The fourth-order valence-electron chi connectivity index (χ4n) is 7.57. The molecule has 6 rings (SSSR count). The predicted molar refractivity (Wildman–Crippen MR) is 150 cm³/mol. The molecule has 0 radical (unpaired) electrons. The summed E-state index contributed by atoms with van der Waals surface area (Å²) in [4.78, 5) is 30.5. The second-order valence-corrected chi connectivity index (χ2v) is 11.8. The van der Waals surface area contributed by atoms with Gasteiger partial charge in [0.05, 0.1) is 14.2 Å². The maximum Gasteiger partial charge on any atom is 0.249 e. The van der Waals surface area contributed by atoms with E-state index in [1.165, 1.54) is 19.3 Å². The summed E-state index contributed by atoms with van der Waals surface area (Å²) < 4.78 is 10.7. The molecule has 4 aliphatic rings. The van der Waals surface area contributed by atoms with E-state index in [2.05, 4.69) is 15.6 Å². The third-order valence-electron chi connectivity index (χ3n) is 8.77. The van der Waals surface area contributed by atoms with Crippen LogP contribution in [0.3, 0.4) is 0 Å². The average molecular weight is 533 g/mol. The van der Waals surface area contributed by atoms with Crippen LogP contribution < -0.4 is 25.8 Å². The van der Waals surface area contributed by atoms with Crippen molar-refractivity contribution in [2.75, 3.05) is 14.2 Å². The van der Waals surface area contributed by atoms with Crippen LogP contribution in [-0.2, 0) is 22.6 Å². The van der Waals surface area contributed by atoms with Crippen LogP contribution in [0.2, 0.25) is 0 Å². The van der Waals surface area contributed by atoms with Gasteiger partial charge >= 0.3 is 0 Å². The molecular weight excluding hydrogens is 492 g/mol. The number of amides is 2. The summed E-state index contributed by atoms with van der Waals surface area (Å²) >= 11 is 0. The Morgan fingerprint density at radius 1 is 0.949 bits per heavy atom. The zero-order chi connectivity index (χ0) is 27.4. The maximum absolute atomic E-state index is 13.3. The molecule has 4 fully saturated rings. The third-order valence-corrected chi connectivity index (χ3v) is 8.77. The van der Waals surface area contributed by atoms with Gasteiger partial charge in [0.1, 0.15) is 6.04 Å². The summed E-state index contributed by atoms with van der Waals surface area (Å²) in [6.45, 7) is 0.300. The fraction of sp³-hybridized carbons (Fsp3) is 0.516. The minimum atomic E-state index is -0.691. The molecule has 0 saturated heterocycles. The first kappa shape index (κ1) is 27.0. The Hall–Kier alpha value is -3.55. The zero-order valence-corrected chi connectivity index (χ0v) is 22.9. The number of guanidine groups is 1. The summed E-state index contributed by atoms with van der Waals surface area (Å²) in [5, 5.41) is 6.01. The van der Waals surface area contributed by atoms with E-state index in [0.717, 1.165) is 48.1 Å². The molecule has 1 unspecified atom stereocenters. The highest BCUT2D eigenvalue weighted by molar-refractivity contribution is 5.95. The zero-order valence-electron chi connectivity index (χ0n) is 22.9. The van der Waals surface area contributed by atoms with Crippen molar-refractivity contribution < 1.29 is 19.1 Å². The van der Waals surface area contributed by atoms with Crippen LogP contribution in [0, 0.1) is 23.2 Å². The number of carbonyl (C=O) groups is 2. The molecule has 2 aromatic rings. The summed E-state index contributed by atoms with van der Waals surface area (Å²) in [6, 6.07) is 14.5. The van der Waals surface area contributed by atoms with E-state index >= 15 is 0 Å². The van der Waals surface area contributed by atoms with Crippen LogP contribution in [0.1, 0.15) is 56.1 Å². The lowest BCUT2D eigenvalue weighted by Crippen LogP contribution is -2.50. The number of hydrogen-bond donors (Lipinski definition) is 3. The number of hydrogen-bond acceptors (Lipinski definition) is 4. The van der Waals surface area contributed by atoms with E-state index in [1.54, 1.807) is 20.3 Å². The number of methoxy groups -OCH3 is 2. The Morgan fingerprint density at radius 3 is 2.21 bits per heavy atom. The van der Waals surface area contributed by atoms with Gasteiger partial charge in [0.25, 0.3) is 0 Å². The maximum atomic E-state index is 13.3. The van der Waals surface area contributed by atoms with Crippen molar-refractivity contribution in [2.24, 2.45) is 33.9 Å². The largest absolute Gasteiger partial charge is 0.493 e. The first-order valence-corrected chi connectivity index (χ1v) is 14.0. The number of nitrogens with zero attached hydrogens (tertiary/aromatic N) is 1. The van der Waals surface area contributed by atoms with E-state index in [0.29, 0.717) is 30.9 Å². The molecule has 2 amide bonds. The smallest absolute Gasteiger partial charge is 0.249 e. The lowest BCUT2D eigenvalue weighted by atomic mass is 9.49. The van der Waals surface area contributed by atoms with Gasteiger partial charge in [0.15, 0.2) is 17.5 Å². The number of rotatable bonds is 10. The van der Waals surface area contributed by atoms with Gasteiger partial charge in [0, 0.05) is 19.4 Å². The molecule has 4 aliphatic carbocycles. The number of nitrogens with one attached hydrogen (secondary N) is 2. The van der Waals surface area contributed by atoms with Crippen LogP contribution >= 0.6 is 0 Å². The monoisotopic (exact) mass is 532 g/mol. The molecule has 8 nitrogen and oxygen atoms in total. The van der Waals surface area contributed by atoms with Gasteiger partial charge in [-0.3, -0.25) is 9.59 Å². The summed E-state index contributed by atoms with van der Waals surface area (Å²) in [6.07, 6.45) is 8.28. The Morgan fingerprint density at radius 2 is 1.59 bits per heavy atom. The van der Waals surface area contributed by atoms with E-state index < -0.39 is 6.04 Å². The van der Waals surface area contributed by atoms with Crippen molar-refractivity contribution in [1.29, 1.82) is 0 Å².